The van der Waals surface area contributed by atoms with Crippen molar-refractivity contribution in [3.05, 3.63) is 71.1 Å². The standard InChI is InChI=1S/C24H23N5OS2/c30-23(25-15-19-16-32-24(26-19)18-5-2-1-3-6-18)17-10-12-29(13-11-17)22-9-8-20(27-28-22)21-7-4-14-31-21/h1-9,14,16-17H,10-13,15H2,(H,25,30). The van der Waals surface area contributed by atoms with E-state index in [-0.39, 0.29) is 11.8 Å². The van der Waals surface area contributed by atoms with E-state index in [9.17, 15) is 4.79 Å². The van der Waals surface area contributed by atoms with Crippen molar-refractivity contribution in [1.29, 1.82) is 0 Å². The van der Waals surface area contributed by atoms with Gasteiger partial charge in [0.1, 0.15) is 10.7 Å². The second-order valence-corrected chi connectivity index (χ2v) is 9.55. The molecule has 162 valence electrons. The zero-order chi connectivity index (χ0) is 21.8. The zero-order valence-corrected chi connectivity index (χ0v) is 19.1. The number of amides is 1. The van der Waals surface area contributed by atoms with Crippen molar-refractivity contribution < 1.29 is 4.79 Å². The minimum atomic E-state index is 0.0248. The number of benzene rings is 1. The molecule has 1 aromatic carbocycles. The summed E-state index contributed by atoms with van der Waals surface area (Å²) >= 11 is 3.27. The molecule has 0 radical (unpaired) electrons. The first-order valence-corrected chi connectivity index (χ1v) is 12.4. The van der Waals surface area contributed by atoms with E-state index < -0.39 is 0 Å². The summed E-state index contributed by atoms with van der Waals surface area (Å²) < 4.78 is 0. The molecule has 0 saturated carbocycles. The van der Waals surface area contributed by atoms with Crippen LogP contribution in [0, 0.1) is 5.92 Å². The van der Waals surface area contributed by atoms with Gasteiger partial charge >= 0.3 is 0 Å². The molecule has 0 spiro atoms. The number of rotatable bonds is 6. The monoisotopic (exact) mass is 461 g/mol. The fourth-order valence-electron chi connectivity index (χ4n) is 3.84. The smallest absolute Gasteiger partial charge is 0.223 e. The van der Waals surface area contributed by atoms with E-state index >= 15 is 0 Å². The Kier molecular flexibility index (Phi) is 6.22. The summed E-state index contributed by atoms with van der Waals surface area (Å²) in [5, 5.41) is 16.9. The number of hydrogen-bond acceptors (Lipinski definition) is 7. The van der Waals surface area contributed by atoms with E-state index in [1.165, 1.54) is 0 Å². The van der Waals surface area contributed by atoms with Gasteiger partial charge in [0.15, 0.2) is 5.82 Å². The number of piperidine rings is 1. The number of carbonyl (C=O) groups excluding carboxylic acids is 1. The van der Waals surface area contributed by atoms with E-state index in [4.69, 9.17) is 0 Å². The van der Waals surface area contributed by atoms with E-state index in [2.05, 4.69) is 37.5 Å². The molecule has 5 rings (SSSR count). The molecule has 4 aromatic rings. The van der Waals surface area contributed by atoms with Gasteiger partial charge < -0.3 is 10.2 Å². The van der Waals surface area contributed by atoms with Crippen LogP contribution < -0.4 is 10.2 Å². The Morgan fingerprint density at radius 2 is 1.84 bits per heavy atom. The molecule has 1 aliphatic rings. The normalized spacial score (nSPS) is 14.4. The number of nitrogens with zero attached hydrogens (tertiary/aromatic N) is 4. The van der Waals surface area contributed by atoms with Crippen LogP contribution in [0.5, 0.6) is 0 Å². The van der Waals surface area contributed by atoms with E-state index in [1.807, 2.05) is 53.2 Å². The summed E-state index contributed by atoms with van der Waals surface area (Å²) in [6.45, 7) is 2.08. The lowest BCUT2D eigenvalue weighted by molar-refractivity contribution is -0.125. The van der Waals surface area contributed by atoms with E-state index in [0.29, 0.717) is 6.54 Å². The molecule has 0 unspecified atom stereocenters. The molecule has 0 bridgehead atoms. The van der Waals surface area contributed by atoms with Crippen molar-refractivity contribution in [3.63, 3.8) is 0 Å². The second-order valence-electron chi connectivity index (χ2n) is 7.74. The quantitative estimate of drug-likeness (QED) is 0.444. The fourth-order valence-corrected chi connectivity index (χ4v) is 5.36. The molecular formula is C24H23N5OS2. The Labute approximate surface area is 195 Å². The lowest BCUT2D eigenvalue weighted by Gasteiger charge is -2.31. The highest BCUT2D eigenvalue weighted by Gasteiger charge is 2.25. The lowest BCUT2D eigenvalue weighted by atomic mass is 9.96. The van der Waals surface area contributed by atoms with Gasteiger partial charge in [-0.2, -0.15) is 0 Å². The summed E-state index contributed by atoms with van der Waals surface area (Å²) in [6, 6.07) is 18.2. The topological polar surface area (TPSA) is 71.0 Å². The van der Waals surface area contributed by atoms with Gasteiger partial charge in [-0.3, -0.25) is 4.79 Å². The van der Waals surface area contributed by atoms with Crippen molar-refractivity contribution >= 4 is 34.4 Å². The summed E-state index contributed by atoms with van der Waals surface area (Å²) in [6.07, 6.45) is 1.62. The maximum absolute atomic E-state index is 12.7. The van der Waals surface area contributed by atoms with Crippen LogP contribution in [0.3, 0.4) is 0 Å². The van der Waals surface area contributed by atoms with Crippen LogP contribution in [0.4, 0.5) is 5.82 Å². The van der Waals surface area contributed by atoms with Crippen LogP contribution in [0.25, 0.3) is 21.1 Å². The van der Waals surface area contributed by atoms with Crippen molar-refractivity contribution in [1.82, 2.24) is 20.5 Å². The zero-order valence-electron chi connectivity index (χ0n) is 17.5. The molecular weight excluding hydrogens is 438 g/mol. The molecule has 1 aliphatic heterocycles. The van der Waals surface area contributed by atoms with E-state index in [0.717, 1.165) is 58.6 Å². The maximum Gasteiger partial charge on any atom is 0.223 e. The Morgan fingerprint density at radius 3 is 2.56 bits per heavy atom. The van der Waals surface area contributed by atoms with Crippen LogP contribution >= 0.6 is 22.7 Å². The number of aromatic nitrogens is 3. The molecule has 0 aliphatic carbocycles. The van der Waals surface area contributed by atoms with Gasteiger partial charge in [0, 0.05) is 30.0 Å². The summed E-state index contributed by atoms with van der Waals surface area (Å²) in [4.78, 5) is 20.7. The first kappa shape index (κ1) is 20.8. The average Bonchev–Trinajstić information content (AvgIpc) is 3.56. The van der Waals surface area contributed by atoms with Gasteiger partial charge in [0.2, 0.25) is 5.91 Å². The number of thiophene rings is 1. The van der Waals surface area contributed by atoms with Crippen LogP contribution in [0.15, 0.2) is 65.4 Å². The molecule has 1 amide bonds. The van der Waals surface area contributed by atoms with Crippen LogP contribution in [-0.4, -0.2) is 34.2 Å². The third-order valence-corrected chi connectivity index (χ3v) is 7.46. The Hall–Kier alpha value is -3.10. The van der Waals surface area contributed by atoms with Crippen LogP contribution in [-0.2, 0) is 11.3 Å². The van der Waals surface area contributed by atoms with Crippen molar-refractivity contribution in [2.45, 2.75) is 19.4 Å². The minimum Gasteiger partial charge on any atom is -0.355 e. The predicted molar refractivity (Wildman–Crippen MR) is 130 cm³/mol. The number of thiazole rings is 1. The highest BCUT2D eigenvalue weighted by atomic mass is 32.1. The molecule has 6 nitrogen and oxygen atoms in total. The van der Waals surface area contributed by atoms with Gasteiger partial charge in [-0.1, -0.05) is 36.4 Å². The third kappa shape index (κ3) is 4.71. The molecule has 1 saturated heterocycles. The van der Waals surface area contributed by atoms with Gasteiger partial charge in [-0.25, -0.2) is 4.98 Å². The van der Waals surface area contributed by atoms with Gasteiger partial charge in [0.05, 0.1) is 17.1 Å². The Balaban J connectivity index is 1.11. The van der Waals surface area contributed by atoms with E-state index in [1.54, 1.807) is 22.7 Å². The summed E-state index contributed by atoms with van der Waals surface area (Å²) in [7, 11) is 0. The lowest BCUT2D eigenvalue weighted by Crippen LogP contribution is -2.40. The van der Waals surface area contributed by atoms with Crippen molar-refractivity contribution in [2.75, 3.05) is 18.0 Å². The molecule has 3 aromatic heterocycles. The maximum atomic E-state index is 12.7. The van der Waals surface area contributed by atoms with Gasteiger partial charge in [-0.05, 0) is 36.4 Å². The molecule has 4 heterocycles. The number of hydrogen-bond donors (Lipinski definition) is 1. The highest BCUT2D eigenvalue weighted by Crippen LogP contribution is 2.26. The third-order valence-electron chi connectivity index (χ3n) is 5.63. The Bertz CT molecular complexity index is 1150. The summed E-state index contributed by atoms with van der Waals surface area (Å²) in [5.74, 6) is 1.01. The fraction of sp³-hybridized carbons (Fsp3) is 0.250. The number of anilines is 1. The highest BCUT2D eigenvalue weighted by molar-refractivity contribution is 7.13. The molecule has 1 fully saturated rings. The first-order valence-electron chi connectivity index (χ1n) is 10.7. The summed E-state index contributed by atoms with van der Waals surface area (Å²) in [5.41, 5.74) is 2.91. The Morgan fingerprint density at radius 1 is 1.00 bits per heavy atom. The predicted octanol–water partition coefficient (Wildman–Crippen LogP) is 4.86. The molecule has 32 heavy (non-hydrogen) atoms. The SMILES string of the molecule is O=C(NCc1csc(-c2ccccc2)n1)C1CCN(c2ccc(-c3cccs3)nn2)CC1. The van der Waals surface area contributed by atoms with Gasteiger partial charge in [-0.15, -0.1) is 32.9 Å². The van der Waals surface area contributed by atoms with Crippen molar-refractivity contribution in [2.24, 2.45) is 5.92 Å². The molecule has 0 atom stereocenters. The van der Waals surface area contributed by atoms with Crippen molar-refractivity contribution in [3.8, 4) is 21.1 Å². The van der Waals surface area contributed by atoms with Crippen LogP contribution in [0.2, 0.25) is 0 Å². The molecule has 1 N–H and O–H groups in total. The van der Waals surface area contributed by atoms with Gasteiger partial charge in [0.25, 0.3) is 0 Å². The minimum absolute atomic E-state index is 0.0248. The number of nitrogens with one attached hydrogen (secondary N) is 1. The first-order chi connectivity index (χ1) is 15.8. The second kappa shape index (κ2) is 9.58. The largest absolute Gasteiger partial charge is 0.355 e. The molecule has 8 heteroatoms. The number of carbonyl (C=O) groups is 1. The van der Waals surface area contributed by atoms with Crippen LogP contribution in [0.1, 0.15) is 18.5 Å². The average molecular weight is 462 g/mol.